The molecule has 1 N–H and O–H groups in total. The smallest absolute Gasteiger partial charge is 0.149 e. The van der Waals surface area contributed by atoms with Crippen molar-refractivity contribution in [3.05, 3.63) is 0 Å². The molecular weight excluding hydrogens is 84.1 g/mol. The van der Waals surface area contributed by atoms with E-state index in [2.05, 4.69) is 4.43 Å². The lowest BCUT2D eigenvalue weighted by atomic mass is 10.8. The molecule has 0 radical (unpaired) electrons. The van der Waals surface area contributed by atoms with E-state index in [0.29, 0.717) is 10.5 Å². The molecule has 32 valence electrons. The minimum atomic E-state index is -0.554. The second kappa shape index (κ2) is 2.38. The predicted octanol–water partition coefficient (Wildman–Crippen LogP) is -1.38. The van der Waals surface area contributed by atoms with Crippen LogP contribution < -0.4 is 0 Å². The summed E-state index contributed by atoms with van der Waals surface area (Å²) in [5.41, 5.74) is 0. The zero-order chi connectivity index (χ0) is 4.28. The standard InChI is InChI=1S/C2H8O2Si/c1-2(3)4-5/h2-3H,1,5H3. The van der Waals surface area contributed by atoms with Crippen LogP contribution in [0.4, 0.5) is 0 Å². The molecule has 0 heterocycles. The Morgan fingerprint density at radius 3 is 2.20 bits per heavy atom. The minimum Gasteiger partial charge on any atom is -0.404 e. The van der Waals surface area contributed by atoms with Gasteiger partial charge < -0.3 is 9.53 Å². The Morgan fingerprint density at radius 2 is 2.20 bits per heavy atom. The van der Waals surface area contributed by atoms with Crippen LogP contribution in [0, 0.1) is 0 Å². The van der Waals surface area contributed by atoms with Gasteiger partial charge in [0.1, 0.15) is 16.8 Å². The molecule has 0 bridgehead atoms. The maximum atomic E-state index is 8.17. The summed E-state index contributed by atoms with van der Waals surface area (Å²) in [7, 11) is 0.623. The lowest BCUT2D eigenvalue weighted by Gasteiger charge is -1.95. The topological polar surface area (TPSA) is 29.5 Å². The minimum absolute atomic E-state index is 0.554. The van der Waals surface area contributed by atoms with E-state index in [1.165, 1.54) is 0 Å². The molecule has 0 aliphatic heterocycles. The molecule has 0 fully saturated rings. The summed E-state index contributed by atoms with van der Waals surface area (Å²) in [6.45, 7) is 1.59. The van der Waals surface area contributed by atoms with Gasteiger partial charge in [-0.3, -0.25) is 0 Å². The van der Waals surface area contributed by atoms with Gasteiger partial charge in [0.2, 0.25) is 0 Å². The van der Waals surface area contributed by atoms with Gasteiger partial charge in [0, 0.05) is 0 Å². The number of aliphatic hydroxyl groups is 1. The number of rotatable bonds is 1. The van der Waals surface area contributed by atoms with E-state index in [1.54, 1.807) is 6.92 Å². The van der Waals surface area contributed by atoms with Gasteiger partial charge in [0.15, 0.2) is 0 Å². The molecule has 0 saturated heterocycles. The van der Waals surface area contributed by atoms with Crippen LogP contribution in [0.2, 0.25) is 0 Å². The molecule has 0 aromatic carbocycles. The first-order chi connectivity index (χ1) is 2.27. The van der Waals surface area contributed by atoms with Crippen molar-refractivity contribution in [2.75, 3.05) is 0 Å². The van der Waals surface area contributed by atoms with Crippen molar-refractivity contribution in [1.29, 1.82) is 0 Å². The van der Waals surface area contributed by atoms with Gasteiger partial charge in [-0.15, -0.1) is 0 Å². The first kappa shape index (κ1) is 5.14. The quantitative estimate of drug-likeness (QED) is 0.319. The highest BCUT2D eigenvalue weighted by Gasteiger charge is 1.79. The average molecular weight is 92.2 g/mol. The van der Waals surface area contributed by atoms with Crippen molar-refractivity contribution >= 4 is 10.5 Å². The van der Waals surface area contributed by atoms with Crippen molar-refractivity contribution in [1.82, 2.24) is 0 Å². The molecule has 0 saturated carbocycles. The van der Waals surface area contributed by atoms with Crippen LogP contribution in [0.5, 0.6) is 0 Å². The van der Waals surface area contributed by atoms with E-state index < -0.39 is 6.29 Å². The molecule has 0 amide bonds. The Morgan fingerprint density at radius 1 is 2.00 bits per heavy atom. The van der Waals surface area contributed by atoms with Crippen molar-refractivity contribution in [3.8, 4) is 0 Å². The third kappa shape index (κ3) is 4.14. The molecule has 0 aromatic heterocycles. The molecule has 5 heavy (non-hydrogen) atoms. The van der Waals surface area contributed by atoms with Crippen LogP contribution in [-0.4, -0.2) is 21.9 Å². The normalized spacial score (nSPS) is 15.6. The maximum absolute atomic E-state index is 8.17. The van der Waals surface area contributed by atoms with E-state index in [0.717, 1.165) is 0 Å². The Labute approximate surface area is 34.3 Å². The Hall–Kier alpha value is 0.137. The summed E-state index contributed by atoms with van der Waals surface area (Å²) >= 11 is 0. The van der Waals surface area contributed by atoms with Gasteiger partial charge in [0.05, 0.1) is 0 Å². The summed E-state index contributed by atoms with van der Waals surface area (Å²) in [6, 6.07) is 0. The van der Waals surface area contributed by atoms with Crippen molar-refractivity contribution < 1.29 is 9.53 Å². The van der Waals surface area contributed by atoms with Crippen LogP contribution in [0.1, 0.15) is 6.92 Å². The fourth-order valence-electron chi connectivity index (χ4n) is 0. The van der Waals surface area contributed by atoms with Gasteiger partial charge in [-0.25, -0.2) is 0 Å². The van der Waals surface area contributed by atoms with Gasteiger partial charge in [-0.05, 0) is 6.92 Å². The molecule has 0 aliphatic rings. The molecule has 0 aromatic rings. The first-order valence-corrected chi connectivity index (χ1v) is 2.30. The largest absolute Gasteiger partial charge is 0.404 e. The molecule has 0 spiro atoms. The highest BCUT2D eigenvalue weighted by molar-refractivity contribution is 5.98. The van der Waals surface area contributed by atoms with E-state index in [1.807, 2.05) is 0 Å². The average Bonchev–Trinajstić information content (AvgIpc) is 1.38. The number of hydrogen-bond donors (Lipinski definition) is 1. The lowest BCUT2D eigenvalue weighted by Crippen LogP contribution is -2.01. The second-order valence-electron chi connectivity index (χ2n) is 0.835. The zero-order valence-electron chi connectivity index (χ0n) is 3.43. The lowest BCUT2D eigenvalue weighted by molar-refractivity contribution is 0.00628. The highest BCUT2D eigenvalue weighted by Crippen LogP contribution is 1.71. The van der Waals surface area contributed by atoms with E-state index in [9.17, 15) is 0 Å². The number of aliphatic hydroxyl groups excluding tert-OH is 1. The molecule has 0 rings (SSSR count). The molecule has 0 aliphatic carbocycles. The van der Waals surface area contributed by atoms with Gasteiger partial charge in [-0.2, -0.15) is 0 Å². The summed E-state index contributed by atoms with van der Waals surface area (Å²) in [6.07, 6.45) is -0.554. The fourth-order valence-corrected chi connectivity index (χ4v) is 0. The van der Waals surface area contributed by atoms with Gasteiger partial charge in [-0.1, -0.05) is 0 Å². The summed E-state index contributed by atoms with van der Waals surface area (Å²) < 4.78 is 4.44. The monoisotopic (exact) mass is 92.0 g/mol. The summed E-state index contributed by atoms with van der Waals surface area (Å²) in [5.74, 6) is 0. The van der Waals surface area contributed by atoms with E-state index in [-0.39, 0.29) is 0 Å². The SMILES string of the molecule is CC(O)O[SiH3]. The molecule has 1 atom stereocenters. The third-order valence-corrected chi connectivity index (χ3v) is 1.02. The molecule has 1 unspecified atom stereocenters. The van der Waals surface area contributed by atoms with Crippen LogP contribution >= 0.6 is 0 Å². The van der Waals surface area contributed by atoms with Crippen molar-refractivity contribution in [2.24, 2.45) is 0 Å². The molecule has 3 heteroatoms. The van der Waals surface area contributed by atoms with Crippen molar-refractivity contribution in [3.63, 3.8) is 0 Å². The Bertz CT molecular complexity index is 21.6. The van der Waals surface area contributed by atoms with Gasteiger partial charge >= 0.3 is 0 Å². The Balaban J connectivity index is 2.54. The van der Waals surface area contributed by atoms with E-state index in [4.69, 9.17) is 5.11 Å². The second-order valence-corrected chi connectivity index (χ2v) is 1.31. The third-order valence-electron chi connectivity index (χ3n) is 0.341. The van der Waals surface area contributed by atoms with Crippen LogP contribution in [0.25, 0.3) is 0 Å². The fraction of sp³-hybridized carbons (Fsp3) is 1.00. The van der Waals surface area contributed by atoms with Gasteiger partial charge in [0.25, 0.3) is 0 Å². The van der Waals surface area contributed by atoms with Crippen molar-refractivity contribution in [2.45, 2.75) is 13.2 Å². The maximum Gasteiger partial charge on any atom is 0.149 e. The summed E-state index contributed by atoms with van der Waals surface area (Å²) in [4.78, 5) is 0. The zero-order valence-corrected chi connectivity index (χ0v) is 5.43. The first-order valence-electron chi connectivity index (χ1n) is 1.48. The van der Waals surface area contributed by atoms with Crippen LogP contribution in [-0.2, 0) is 4.43 Å². The number of hydrogen-bond acceptors (Lipinski definition) is 2. The molecule has 2 nitrogen and oxygen atoms in total. The predicted molar refractivity (Wildman–Crippen MR) is 22.7 cm³/mol. The van der Waals surface area contributed by atoms with E-state index >= 15 is 0 Å². The van der Waals surface area contributed by atoms with Crippen LogP contribution in [0.15, 0.2) is 0 Å². The van der Waals surface area contributed by atoms with Crippen LogP contribution in [0.3, 0.4) is 0 Å². The summed E-state index contributed by atoms with van der Waals surface area (Å²) in [5, 5.41) is 8.17. The molecular formula is C2H8O2Si. The Kier molecular flexibility index (Phi) is 2.44. The highest BCUT2D eigenvalue weighted by atomic mass is 28.2.